The highest BCUT2D eigenvalue weighted by Gasteiger charge is 2.09. The van der Waals surface area contributed by atoms with Gasteiger partial charge in [0.05, 0.1) is 12.8 Å². The Morgan fingerprint density at radius 2 is 2.18 bits per heavy atom. The zero-order valence-electron chi connectivity index (χ0n) is 10.3. The van der Waals surface area contributed by atoms with Crippen LogP contribution in [0.1, 0.15) is 18.2 Å². The van der Waals surface area contributed by atoms with E-state index < -0.39 is 0 Å². The molecule has 90 valence electrons. The number of nitrogens with zero attached hydrogens (tertiary/aromatic N) is 1. The summed E-state index contributed by atoms with van der Waals surface area (Å²) >= 11 is 1.53. The lowest BCUT2D eigenvalue weighted by Crippen LogP contribution is -1.91. The van der Waals surface area contributed by atoms with Crippen molar-refractivity contribution in [1.29, 1.82) is 0 Å². The highest BCUT2D eigenvalue weighted by atomic mass is 32.1. The van der Waals surface area contributed by atoms with E-state index in [4.69, 9.17) is 10.5 Å². The van der Waals surface area contributed by atoms with Gasteiger partial charge in [-0.3, -0.25) is 0 Å². The first-order valence-electron chi connectivity index (χ1n) is 5.56. The summed E-state index contributed by atoms with van der Waals surface area (Å²) in [6, 6.07) is 6.13. The fraction of sp³-hybridized carbons (Fsp3) is 0.308. The Hall–Kier alpha value is -1.55. The zero-order chi connectivity index (χ0) is 12.4. The Labute approximate surface area is 105 Å². The van der Waals surface area contributed by atoms with Crippen molar-refractivity contribution >= 4 is 16.3 Å². The Kier molecular flexibility index (Phi) is 3.33. The van der Waals surface area contributed by atoms with Gasteiger partial charge in [-0.1, -0.05) is 18.3 Å². The third-order valence-corrected chi connectivity index (χ3v) is 3.78. The summed E-state index contributed by atoms with van der Waals surface area (Å²) in [5.74, 6) is 0.928. The molecular weight excluding hydrogens is 232 g/mol. The van der Waals surface area contributed by atoms with E-state index in [1.165, 1.54) is 16.9 Å². The summed E-state index contributed by atoms with van der Waals surface area (Å²) in [6.45, 7) is 4.04. The molecule has 1 aromatic heterocycles. The first-order valence-corrected chi connectivity index (χ1v) is 6.37. The van der Waals surface area contributed by atoms with Crippen LogP contribution in [0.25, 0.3) is 10.6 Å². The third kappa shape index (κ3) is 2.26. The molecule has 2 rings (SSSR count). The van der Waals surface area contributed by atoms with E-state index >= 15 is 0 Å². The molecule has 0 aliphatic carbocycles. The second-order valence-corrected chi connectivity index (χ2v) is 4.88. The van der Waals surface area contributed by atoms with Crippen LogP contribution < -0.4 is 10.5 Å². The number of nitrogen functional groups attached to an aromatic ring is 1. The molecule has 0 saturated heterocycles. The molecule has 1 heterocycles. The van der Waals surface area contributed by atoms with Crippen LogP contribution in [0.5, 0.6) is 5.75 Å². The van der Waals surface area contributed by atoms with Crippen LogP contribution in [0, 0.1) is 6.92 Å². The lowest BCUT2D eigenvalue weighted by atomic mass is 10.1. The van der Waals surface area contributed by atoms with Crippen molar-refractivity contribution < 1.29 is 4.74 Å². The van der Waals surface area contributed by atoms with Gasteiger partial charge in [-0.25, -0.2) is 4.98 Å². The standard InChI is InChI=1S/C13H16N2OS/c1-4-9-7-10(5-6-11(9)16-3)13-15-8(2)12(14)17-13/h5-7H,4,14H2,1-3H3. The highest BCUT2D eigenvalue weighted by Crippen LogP contribution is 2.32. The Morgan fingerprint density at radius 1 is 1.41 bits per heavy atom. The summed E-state index contributed by atoms with van der Waals surface area (Å²) in [4.78, 5) is 4.46. The maximum atomic E-state index is 5.84. The van der Waals surface area contributed by atoms with Gasteiger partial charge < -0.3 is 10.5 Å². The van der Waals surface area contributed by atoms with Crippen molar-refractivity contribution in [2.24, 2.45) is 0 Å². The molecule has 2 N–H and O–H groups in total. The van der Waals surface area contributed by atoms with Gasteiger partial charge in [0.15, 0.2) is 0 Å². The highest BCUT2D eigenvalue weighted by molar-refractivity contribution is 7.18. The fourth-order valence-electron chi connectivity index (χ4n) is 1.72. The van der Waals surface area contributed by atoms with Gasteiger partial charge >= 0.3 is 0 Å². The smallest absolute Gasteiger partial charge is 0.125 e. The summed E-state index contributed by atoms with van der Waals surface area (Å²) < 4.78 is 5.31. The number of thiazole rings is 1. The first kappa shape index (κ1) is 11.9. The normalized spacial score (nSPS) is 10.5. The molecule has 0 atom stereocenters. The summed E-state index contributed by atoms with van der Waals surface area (Å²) in [6.07, 6.45) is 0.941. The van der Waals surface area contributed by atoms with Gasteiger partial charge in [0, 0.05) is 5.56 Å². The molecule has 0 aliphatic rings. The number of hydrogen-bond donors (Lipinski definition) is 1. The van der Waals surface area contributed by atoms with Crippen molar-refractivity contribution in [2.45, 2.75) is 20.3 Å². The average molecular weight is 248 g/mol. The van der Waals surface area contributed by atoms with Gasteiger partial charge in [-0.05, 0) is 37.1 Å². The molecule has 1 aromatic carbocycles. The molecule has 0 aliphatic heterocycles. The van der Waals surface area contributed by atoms with Gasteiger partial charge in [-0.15, -0.1) is 0 Å². The molecular formula is C13H16N2OS. The maximum absolute atomic E-state index is 5.84. The summed E-state index contributed by atoms with van der Waals surface area (Å²) in [5, 5.41) is 1.76. The number of aromatic nitrogens is 1. The minimum absolute atomic E-state index is 0.786. The summed E-state index contributed by atoms with van der Waals surface area (Å²) in [7, 11) is 1.69. The van der Waals surface area contributed by atoms with Crippen LogP contribution in [0.2, 0.25) is 0 Å². The minimum atomic E-state index is 0.786. The summed E-state index contributed by atoms with van der Waals surface area (Å²) in [5.41, 5.74) is 9.03. The lowest BCUT2D eigenvalue weighted by Gasteiger charge is -2.07. The minimum Gasteiger partial charge on any atom is -0.496 e. The SMILES string of the molecule is CCc1cc(-c2nc(C)c(N)s2)ccc1OC. The van der Waals surface area contributed by atoms with Crippen molar-refractivity contribution in [2.75, 3.05) is 12.8 Å². The molecule has 0 fully saturated rings. The number of benzene rings is 1. The Morgan fingerprint density at radius 3 is 2.71 bits per heavy atom. The predicted molar refractivity (Wildman–Crippen MR) is 72.6 cm³/mol. The molecule has 0 saturated carbocycles. The molecule has 0 spiro atoms. The number of hydrogen-bond acceptors (Lipinski definition) is 4. The molecule has 0 amide bonds. The average Bonchev–Trinajstić information content (AvgIpc) is 2.68. The number of ether oxygens (including phenoxy) is 1. The second kappa shape index (κ2) is 4.75. The van der Waals surface area contributed by atoms with E-state index in [-0.39, 0.29) is 0 Å². The Balaban J connectivity index is 2.46. The van der Waals surface area contributed by atoms with E-state index in [9.17, 15) is 0 Å². The van der Waals surface area contributed by atoms with Crippen molar-refractivity contribution in [1.82, 2.24) is 4.98 Å². The molecule has 2 aromatic rings. The van der Waals surface area contributed by atoms with Gasteiger partial charge in [0.1, 0.15) is 15.8 Å². The van der Waals surface area contributed by atoms with Crippen molar-refractivity contribution in [3.63, 3.8) is 0 Å². The van der Waals surface area contributed by atoms with Gasteiger partial charge in [-0.2, -0.15) is 0 Å². The van der Waals surface area contributed by atoms with Crippen molar-refractivity contribution in [3.8, 4) is 16.3 Å². The Bertz CT molecular complexity index is 515. The van der Waals surface area contributed by atoms with Crippen LogP contribution in [-0.2, 0) is 6.42 Å². The zero-order valence-corrected chi connectivity index (χ0v) is 11.1. The van der Waals surface area contributed by atoms with E-state index in [0.29, 0.717) is 0 Å². The van der Waals surface area contributed by atoms with E-state index in [0.717, 1.165) is 33.4 Å². The first-order chi connectivity index (χ1) is 8.15. The van der Waals surface area contributed by atoms with Crippen LogP contribution in [0.15, 0.2) is 18.2 Å². The molecule has 17 heavy (non-hydrogen) atoms. The van der Waals surface area contributed by atoms with E-state index in [1.807, 2.05) is 19.1 Å². The van der Waals surface area contributed by atoms with E-state index in [1.54, 1.807) is 7.11 Å². The van der Waals surface area contributed by atoms with Crippen LogP contribution in [0.4, 0.5) is 5.00 Å². The second-order valence-electron chi connectivity index (χ2n) is 3.85. The van der Waals surface area contributed by atoms with Gasteiger partial charge in [0.2, 0.25) is 0 Å². The van der Waals surface area contributed by atoms with Crippen LogP contribution in [-0.4, -0.2) is 12.1 Å². The number of nitrogens with two attached hydrogens (primary N) is 1. The number of aryl methyl sites for hydroxylation is 2. The van der Waals surface area contributed by atoms with Gasteiger partial charge in [0.25, 0.3) is 0 Å². The third-order valence-electron chi connectivity index (χ3n) is 2.74. The largest absolute Gasteiger partial charge is 0.496 e. The molecule has 3 nitrogen and oxygen atoms in total. The number of anilines is 1. The quantitative estimate of drug-likeness (QED) is 0.906. The topological polar surface area (TPSA) is 48.1 Å². The molecule has 4 heteroatoms. The number of rotatable bonds is 3. The van der Waals surface area contributed by atoms with Crippen LogP contribution in [0.3, 0.4) is 0 Å². The molecule has 0 bridgehead atoms. The van der Waals surface area contributed by atoms with Crippen LogP contribution >= 0.6 is 11.3 Å². The number of methoxy groups -OCH3 is 1. The fourth-order valence-corrected chi connectivity index (χ4v) is 2.55. The monoisotopic (exact) mass is 248 g/mol. The molecule has 0 radical (unpaired) electrons. The van der Waals surface area contributed by atoms with Crippen molar-refractivity contribution in [3.05, 3.63) is 29.5 Å². The molecule has 0 unspecified atom stereocenters. The lowest BCUT2D eigenvalue weighted by molar-refractivity contribution is 0.410. The predicted octanol–water partition coefficient (Wildman–Crippen LogP) is 3.27. The van der Waals surface area contributed by atoms with E-state index in [2.05, 4.69) is 18.0 Å². The maximum Gasteiger partial charge on any atom is 0.125 e.